The molecule has 20 heavy (non-hydrogen) atoms. The number of nitrogens with zero attached hydrogens (tertiary/aromatic N) is 2. The number of ether oxygens (including phenoxy) is 1. The highest BCUT2D eigenvalue weighted by Crippen LogP contribution is 2.31. The largest absolute Gasteiger partial charge is 0.411 e. The van der Waals surface area contributed by atoms with Crippen LogP contribution in [0.1, 0.15) is 5.82 Å². The summed E-state index contributed by atoms with van der Waals surface area (Å²) in [6.45, 7) is -1.81. The molecule has 0 aliphatic rings. The third-order valence-corrected chi connectivity index (χ3v) is 2.54. The molecule has 0 spiro atoms. The van der Waals surface area contributed by atoms with E-state index in [0.717, 1.165) is 0 Å². The Bertz CT molecular complexity index is 581. The van der Waals surface area contributed by atoms with E-state index in [4.69, 9.17) is 21.9 Å². The van der Waals surface area contributed by atoms with E-state index in [-0.39, 0.29) is 11.7 Å². The SMILES string of the molecule is Nc1cccc(Cl)c1-c1nc(COCC(F)(F)F)no1. The van der Waals surface area contributed by atoms with Crippen molar-refractivity contribution in [3.63, 3.8) is 0 Å². The van der Waals surface area contributed by atoms with E-state index in [1.54, 1.807) is 18.2 Å². The monoisotopic (exact) mass is 307 g/mol. The molecule has 0 amide bonds. The fourth-order valence-corrected chi connectivity index (χ4v) is 1.70. The Morgan fingerprint density at radius 1 is 1.35 bits per heavy atom. The molecule has 0 saturated carbocycles. The zero-order valence-corrected chi connectivity index (χ0v) is 10.7. The molecule has 1 heterocycles. The standard InChI is InChI=1S/C11H9ClF3N3O2/c12-6-2-1-3-7(16)9(6)10-17-8(18-20-10)4-19-5-11(13,14)15/h1-3H,4-5,16H2. The van der Waals surface area contributed by atoms with Crippen LogP contribution in [0.25, 0.3) is 11.5 Å². The topological polar surface area (TPSA) is 74.2 Å². The molecule has 1 aromatic heterocycles. The van der Waals surface area contributed by atoms with Gasteiger partial charge in [-0.25, -0.2) is 0 Å². The number of anilines is 1. The van der Waals surface area contributed by atoms with Crippen LogP contribution in [0.3, 0.4) is 0 Å². The van der Waals surface area contributed by atoms with Crippen LogP contribution in [-0.4, -0.2) is 22.9 Å². The molecule has 0 unspecified atom stereocenters. The van der Waals surface area contributed by atoms with Gasteiger partial charge in [0, 0.05) is 5.69 Å². The highest BCUT2D eigenvalue weighted by molar-refractivity contribution is 6.33. The van der Waals surface area contributed by atoms with Gasteiger partial charge in [0.05, 0.1) is 10.6 Å². The van der Waals surface area contributed by atoms with E-state index in [0.29, 0.717) is 16.3 Å². The number of nitrogen functional groups attached to an aromatic ring is 1. The van der Waals surface area contributed by atoms with Gasteiger partial charge in [-0.1, -0.05) is 22.8 Å². The Balaban J connectivity index is 2.09. The molecule has 2 aromatic rings. The number of aromatic nitrogens is 2. The van der Waals surface area contributed by atoms with Crippen LogP contribution in [0.5, 0.6) is 0 Å². The van der Waals surface area contributed by atoms with Crippen LogP contribution in [-0.2, 0) is 11.3 Å². The molecule has 0 atom stereocenters. The quantitative estimate of drug-likeness (QED) is 0.879. The minimum absolute atomic E-state index is 0.0245. The lowest BCUT2D eigenvalue weighted by atomic mass is 10.2. The van der Waals surface area contributed by atoms with Crippen molar-refractivity contribution < 1.29 is 22.4 Å². The normalized spacial score (nSPS) is 11.8. The maximum Gasteiger partial charge on any atom is 0.411 e. The summed E-state index contributed by atoms with van der Waals surface area (Å²) >= 11 is 5.95. The summed E-state index contributed by atoms with van der Waals surface area (Å²) in [6.07, 6.45) is -4.40. The van der Waals surface area contributed by atoms with Crippen LogP contribution in [0.2, 0.25) is 5.02 Å². The van der Waals surface area contributed by atoms with Crippen molar-refractivity contribution in [3.8, 4) is 11.5 Å². The van der Waals surface area contributed by atoms with Crippen molar-refractivity contribution in [2.75, 3.05) is 12.3 Å². The molecule has 0 saturated heterocycles. The van der Waals surface area contributed by atoms with Crippen LogP contribution in [0.15, 0.2) is 22.7 Å². The molecule has 0 bridgehead atoms. The molecule has 0 aliphatic heterocycles. The summed E-state index contributed by atoms with van der Waals surface area (Å²) in [5, 5.41) is 3.80. The van der Waals surface area contributed by atoms with Crippen molar-refractivity contribution >= 4 is 17.3 Å². The van der Waals surface area contributed by atoms with Crippen molar-refractivity contribution in [2.24, 2.45) is 0 Å². The van der Waals surface area contributed by atoms with Gasteiger partial charge in [-0.3, -0.25) is 0 Å². The van der Waals surface area contributed by atoms with Gasteiger partial charge in [0.25, 0.3) is 5.89 Å². The zero-order valence-electron chi connectivity index (χ0n) is 9.95. The van der Waals surface area contributed by atoms with Crippen LogP contribution in [0, 0.1) is 0 Å². The number of rotatable bonds is 4. The van der Waals surface area contributed by atoms with Crippen molar-refractivity contribution in [2.45, 2.75) is 12.8 Å². The van der Waals surface area contributed by atoms with E-state index in [1.807, 2.05) is 0 Å². The lowest BCUT2D eigenvalue weighted by Crippen LogP contribution is -2.16. The Morgan fingerprint density at radius 2 is 2.10 bits per heavy atom. The van der Waals surface area contributed by atoms with Gasteiger partial charge in [0.2, 0.25) is 0 Å². The molecule has 2 rings (SSSR count). The van der Waals surface area contributed by atoms with Crippen LogP contribution in [0.4, 0.5) is 18.9 Å². The number of benzene rings is 1. The maximum atomic E-state index is 11.9. The first kappa shape index (κ1) is 14.6. The summed E-state index contributed by atoms with van der Waals surface area (Å²) in [4.78, 5) is 3.89. The van der Waals surface area contributed by atoms with Crippen molar-refractivity contribution in [3.05, 3.63) is 29.0 Å². The average molecular weight is 308 g/mol. The molecule has 5 nitrogen and oxygen atoms in total. The van der Waals surface area contributed by atoms with Crippen molar-refractivity contribution in [1.82, 2.24) is 10.1 Å². The fraction of sp³-hybridized carbons (Fsp3) is 0.273. The molecule has 2 N–H and O–H groups in total. The molecule has 0 aliphatic carbocycles. The van der Waals surface area contributed by atoms with Crippen LogP contribution >= 0.6 is 11.6 Å². The highest BCUT2D eigenvalue weighted by Gasteiger charge is 2.27. The van der Waals surface area contributed by atoms with E-state index in [9.17, 15) is 13.2 Å². The van der Waals surface area contributed by atoms with Crippen LogP contribution < -0.4 is 5.73 Å². The van der Waals surface area contributed by atoms with Gasteiger partial charge in [0.1, 0.15) is 13.2 Å². The summed E-state index contributed by atoms with van der Waals surface area (Å²) in [7, 11) is 0. The van der Waals surface area contributed by atoms with Gasteiger partial charge in [-0.15, -0.1) is 0 Å². The molecule has 108 valence electrons. The third-order valence-electron chi connectivity index (χ3n) is 2.22. The van der Waals surface area contributed by atoms with Gasteiger partial charge in [-0.2, -0.15) is 18.2 Å². The number of alkyl halides is 3. The second-order valence-electron chi connectivity index (χ2n) is 3.83. The van der Waals surface area contributed by atoms with Gasteiger partial charge in [0.15, 0.2) is 5.82 Å². The molecule has 0 fully saturated rings. The van der Waals surface area contributed by atoms with Gasteiger partial charge < -0.3 is 15.0 Å². The number of halogens is 4. The second kappa shape index (κ2) is 5.68. The van der Waals surface area contributed by atoms with Gasteiger partial charge >= 0.3 is 6.18 Å². The molecule has 1 aromatic carbocycles. The number of hydrogen-bond donors (Lipinski definition) is 1. The average Bonchev–Trinajstić information content (AvgIpc) is 2.75. The first-order valence-corrected chi connectivity index (χ1v) is 5.76. The number of nitrogens with two attached hydrogens (primary N) is 1. The fourth-order valence-electron chi connectivity index (χ4n) is 1.44. The predicted molar refractivity (Wildman–Crippen MR) is 64.9 cm³/mol. The Hall–Kier alpha value is -1.80. The lowest BCUT2D eigenvalue weighted by Gasteiger charge is -2.04. The molecular weight excluding hydrogens is 299 g/mol. The molecule has 9 heteroatoms. The summed E-state index contributed by atoms with van der Waals surface area (Å²) < 4.78 is 45.1. The molecule has 0 radical (unpaired) electrons. The molecular formula is C11H9ClF3N3O2. The predicted octanol–water partition coefficient (Wildman–Crippen LogP) is 3.05. The summed E-state index contributed by atoms with van der Waals surface area (Å²) in [5.41, 5.74) is 6.39. The lowest BCUT2D eigenvalue weighted by molar-refractivity contribution is -0.177. The number of hydrogen-bond acceptors (Lipinski definition) is 5. The van der Waals surface area contributed by atoms with E-state index >= 15 is 0 Å². The minimum atomic E-state index is -4.40. The Morgan fingerprint density at radius 3 is 2.75 bits per heavy atom. The second-order valence-corrected chi connectivity index (χ2v) is 4.23. The zero-order chi connectivity index (χ0) is 14.8. The van der Waals surface area contributed by atoms with E-state index < -0.39 is 19.4 Å². The Kier molecular flexibility index (Phi) is 4.15. The summed E-state index contributed by atoms with van der Waals surface area (Å²) in [5.74, 6) is 0.00211. The maximum absolute atomic E-state index is 11.9. The minimum Gasteiger partial charge on any atom is -0.398 e. The van der Waals surface area contributed by atoms with Crippen molar-refractivity contribution in [1.29, 1.82) is 0 Å². The highest BCUT2D eigenvalue weighted by atomic mass is 35.5. The first-order valence-electron chi connectivity index (χ1n) is 5.38. The first-order chi connectivity index (χ1) is 9.37. The van der Waals surface area contributed by atoms with E-state index in [2.05, 4.69) is 14.9 Å². The summed E-state index contributed by atoms with van der Waals surface area (Å²) in [6, 6.07) is 4.81. The van der Waals surface area contributed by atoms with Gasteiger partial charge in [-0.05, 0) is 12.1 Å². The van der Waals surface area contributed by atoms with E-state index in [1.165, 1.54) is 0 Å². The Labute approximate surface area is 116 Å². The smallest absolute Gasteiger partial charge is 0.398 e. The third kappa shape index (κ3) is 3.61.